The van der Waals surface area contributed by atoms with Crippen LogP contribution in [0.3, 0.4) is 0 Å². The van der Waals surface area contributed by atoms with Gasteiger partial charge in [-0.05, 0) is 36.2 Å². The summed E-state index contributed by atoms with van der Waals surface area (Å²) >= 11 is 1.62. The van der Waals surface area contributed by atoms with E-state index >= 15 is 0 Å². The maximum Gasteiger partial charge on any atom is 0.363 e. The molecule has 1 aliphatic carbocycles. The second-order valence-electron chi connectivity index (χ2n) is 6.49. The fourth-order valence-corrected chi connectivity index (χ4v) is 3.07. The standard InChI is InChI=1S/C15H21BrF4O3/c1-4-10-7-12(2,22)9-13(3,8-10)23-11(21)5-6-14(17,18)15(16,19)20/h7,22H,4-6,8-9H2,1-3H3. The second kappa shape index (κ2) is 6.70. The first kappa shape index (κ1) is 20.4. The van der Waals surface area contributed by atoms with E-state index in [9.17, 15) is 27.5 Å². The molecule has 2 atom stereocenters. The Hall–Kier alpha value is -0.630. The highest BCUT2D eigenvalue weighted by Gasteiger charge is 2.54. The number of rotatable bonds is 6. The molecule has 0 bridgehead atoms. The Morgan fingerprint density at radius 1 is 1.39 bits per heavy atom. The van der Waals surface area contributed by atoms with Crippen LogP contribution in [0.1, 0.15) is 52.9 Å². The lowest BCUT2D eigenvalue weighted by Gasteiger charge is -2.40. The molecule has 3 nitrogen and oxygen atoms in total. The molecule has 1 aliphatic rings. The van der Waals surface area contributed by atoms with Gasteiger partial charge in [0.25, 0.3) is 0 Å². The minimum Gasteiger partial charge on any atom is -0.459 e. The van der Waals surface area contributed by atoms with Gasteiger partial charge >= 0.3 is 16.7 Å². The molecule has 0 heterocycles. The third-order valence-electron chi connectivity index (χ3n) is 3.72. The van der Waals surface area contributed by atoms with Crippen molar-refractivity contribution in [3.05, 3.63) is 11.6 Å². The first-order valence-electron chi connectivity index (χ1n) is 7.29. The minimum atomic E-state index is -4.38. The topological polar surface area (TPSA) is 46.5 Å². The van der Waals surface area contributed by atoms with Gasteiger partial charge < -0.3 is 9.84 Å². The molecule has 1 N–H and O–H groups in total. The van der Waals surface area contributed by atoms with E-state index in [1.165, 1.54) is 0 Å². The van der Waals surface area contributed by atoms with E-state index in [1.807, 2.05) is 6.92 Å². The van der Waals surface area contributed by atoms with Gasteiger partial charge in [0.15, 0.2) is 0 Å². The molecule has 8 heteroatoms. The Morgan fingerprint density at radius 3 is 2.43 bits per heavy atom. The van der Waals surface area contributed by atoms with Crippen molar-refractivity contribution in [1.29, 1.82) is 0 Å². The van der Waals surface area contributed by atoms with Crippen LogP contribution >= 0.6 is 15.9 Å². The molecule has 134 valence electrons. The highest BCUT2D eigenvalue weighted by molar-refractivity contribution is 9.10. The quantitative estimate of drug-likeness (QED) is 0.305. The third kappa shape index (κ3) is 5.74. The Kier molecular flexibility index (Phi) is 5.95. The first-order chi connectivity index (χ1) is 10.2. The Balaban J connectivity index is 2.69. The summed E-state index contributed by atoms with van der Waals surface area (Å²) in [7, 11) is 0. The molecule has 0 fully saturated rings. The van der Waals surface area contributed by atoms with Crippen molar-refractivity contribution >= 4 is 21.9 Å². The minimum absolute atomic E-state index is 0.111. The van der Waals surface area contributed by atoms with E-state index in [1.54, 1.807) is 35.9 Å². The first-order valence-corrected chi connectivity index (χ1v) is 8.08. The van der Waals surface area contributed by atoms with Crippen LogP contribution in [0.15, 0.2) is 11.6 Å². The van der Waals surface area contributed by atoms with Crippen LogP contribution in [-0.2, 0) is 9.53 Å². The molecule has 0 radical (unpaired) electrons. The van der Waals surface area contributed by atoms with Crippen LogP contribution in [0.25, 0.3) is 0 Å². The molecule has 0 aromatic carbocycles. The molecule has 0 aromatic heterocycles. The van der Waals surface area contributed by atoms with Crippen LogP contribution in [0.2, 0.25) is 0 Å². The molecule has 0 spiro atoms. The molecule has 0 aliphatic heterocycles. The number of ether oxygens (including phenoxy) is 1. The molecule has 0 amide bonds. The van der Waals surface area contributed by atoms with Crippen molar-refractivity contribution in [2.45, 2.75) is 74.8 Å². The van der Waals surface area contributed by atoms with Crippen molar-refractivity contribution in [1.82, 2.24) is 0 Å². The summed E-state index contributed by atoms with van der Waals surface area (Å²) in [5.74, 6) is -5.34. The molecule has 0 saturated heterocycles. The molecule has 0 saturated carbocycles. The lowest BCUT2D eigenvalue weighted by molar-refractivity contribution is -0.173. The van der Waals surface area contributed by atoms with Gasteiger partial charge in [-0.1, -0.05) is 18.6 Å². The van der Waals surface area contributed by atoms with Crippen LogP contribution in [0, 0.1) is 0 Å². The van der Waals surface area contributed by atoms with Gasteiger partial charge in [-0.25, -0.2) is 0 Å². The summed E-state index contributed by atoms with van der Waals surface area (Å²) in [4.78, 5) is 7.40. The van der Waals surface area contributed by atoms with Gasteiger partial charge in [0.05, 0.1) is 12.0 Å². The smallest absolute Gasteiger partial charge is 0.363 e. The number of aliphatic hydroxyl groups is 1. The normalized spacial score (nSPS) is 29.2. The average Bonchev–Trinajstić information content (AvgIpc) is 2.32. The van der Waals surface area contributed by atoms with Crippen LogP contribution < -0.4 is 0 Å². The summed E-state index contributed by atoms with van der Waals surface area (Å²) in [6, 6.07) is 0. The molecule has 1 rings (SSSR count). The zero-order valence-electron chi connectivity index (χ0n) is 13.3. The van der Waals surface area contributed by atoms with Gasteiger partial charge in [-0.15, -0.1) is 0 Å². The van der Waals surface area contributed by atoms with Gasteiger partial charge in [0.1, 0.15) is 5.60 Å². The zero-order valence-corrected chi connectivity index (χ0v) is 14.9. The van der Waals surface area contributed by atoms with E-state index in [0.29, 0.717) is 12.8 Å². The van der Waals surface area contributed by atoms with Crippen molar-refractivity contribution in [3.8, 4) is 0 Å². The van der Waals surface area contributed by atoms with Gasteiger partial charge in [0, 0.05) is 19.3 Å². The van der Waals surface area contributed by atoms with E-state index in [0.717, 1.165) is 5.57 Å². The lowest BCUT2D eigenvalue weighted by Crippen LogP contribution is -2.44. The maximum absolute atomic E-state index is 13.2. The van der Waals surface area contributed by atoms with Crippen molar-refractivity contribution in [2.24, 2.45) is 0 Å². The third-order valence-corrected chi connectivity index (χ3v) is 4.30. The largest absolute Gasteiger partial charge is 0.459 e. The van der Waals surface area contributed by atoms with E-state index in [4.69, 9.17) is 4.74 Å². The number of carbonyl (C=O) groups is 1. The number of carbonyl (C=O) groups excluding carboxylic acids is 1. The number of alkyl halides is 5. The molecular weight excluding hydrogens is 384 g/mol. The summed E-state index contributed by atoms with van der Waals surface area (Å²) in [6.45, 7) is 5.04. The van der Waals surface area contributed by atoms with Gasteiger partial charge in [-0.2, -0.15) is 17.6 Å². The monoisotopic (exact) mass is 404 g/mol. The SMILES string of the molecule is CCC1=CC(C)(O)CC(C)(OC(=O)CCC(F)(F)C(F)(F)Br)C1. The van der Waals surface area contributed by atoms with Crippen molar-refractivity contribution in [3.63, 3.8) is 0 Å². The number of halogens is 5. The number of esters is 1. The Bertz CT molecular complexity index is 486. The van der Waals surface area contributed by atoms with Crippen molar-refractivity contribution in [2.75, 3.05) is 0 Å². The molecule has 2 unspecified atom stereocenters. The van der Waals surface area contributed by atoms with Gasteiger partial charge in [-0.3, -0.25) is 4.79 Å². The maximum atomic E-state index is 13.2. The molecular formula is C15H21BrF4O3. The van der Waals surface area contributed by atoms with E-state index < -0.39 is 40.8 Å². The van der Waals surface area contributed by atoms with Crippen LogP contribution in [-0.4, -0.2) is 33.0 Å². The summed E-state index contributed by atoms with van der Waals surface area (Å²) < 4.78 is 56.8. The second-order valence-corrected chi connectivity index (χ2v) is 7.49. The average molecular weight is 405 g/mol. The highest BCUT2D eigenvalue weighted by Crippen LogP contribution is 2.43. The van der Waals surface area contributed by atoms with E-state index in [2.05, 4.69) is 0 Å². The molecule has 23 heavy (non-hydrogen) atoms. The lowest BCUT2D eigenvalue weighted by atomic mass is 9.77. The molecule has 0 aromatic rings. The van der Waals surface area contributed by atoms with Gasteiger partial charge in [0.2, 0.25) is 0 Å². The fraction of sp³-hybridized carbons (Fsp3) is 0.800. The van der Waals surface area contributed by atoms with Crippen LogP contribution in [0.5, 0.6) is 0 Å². The number of hydrogen-bond acceptors (Lipinski definition) is 3. The Labute approximate surface area is 141 Å². The predicted molar refractivity (Wildman–Crippen MR) is 80.8 cm³/mol. The van der Waals surface area contributed by atoms with Crippen LogP contribution in [0.4, 0.5) is 17.6 Å². The highest BCUT2D eigenvalue weighted by atomic mass is 79.9. The van der Waals surface area contributed by atoms with E-state index in [-0.39, 0.29) is 6.42 Å². The number of hydrogen-bond donors (Lipinski definition) is 1. The predicted octanol–water partition coefficient (Wildman–Crippen LogP) is 4.57. The zero-order chi connectivity index (χ0) is 18.1. The summed E-state index contributed by atoms with van der Waals surface area (Å²) in [6.07, 6.45) is 0.667. The van der Waals surface area contributed by atoms with Crippen molar-refractivity contribution < 1.29 is 32.2 Å². The summed E-state index contributed by atoms with van der Waals surface area (Å²) in [5.41, 5.74) is -1.34. The summed E-state index contributed by atoms with van der Waals surface area (Å²) in [5, 5.41) is 10.2. The fourth-order valence-electron chi connectivity index (χ4n) is 2.87. The Morgan fingerprint density at radius 2 is 1.96 bits per heavy atom.